The van der Waals surface area contributed by atoms with Crippen LogP contribution in [0.4, 0.5) is 5.69 Å². The molecule has 36 heavy (non-hydrogen) atoms. The Morgan fingerprint density at radius 1 is 0.917 bits per heavy atom. The highest BCUT2D eigenvalue weighted by atomic mass is 32.2. The Morgan fingerprint density at radius 3 is 2.17 bits per heavy atom. The van der Waals surface area contributed by atoms with Gasteiger partial charge in [0.2, 0.25) is 16.7 Å². The van der Waals surface area contributed by atoms with Crippen LogP contribution in [0.25, 0.3) is 0 Å². The summed E-state index contributed by atoms with van der Waals surface area (Å²) in [5.41, 5.74) is -0.806. The van der Waals surface area contributed by atoms with Crippen LogP contribution >= 0.6 is 11.8 Å². The molecule has 4 N–H and O–H groups in total. The summed E-state index contributed by atoms with van der Waals surface area (Å²) in [6.45, 7) is 0. The molecule has 0 spiro atoms. The van der Waals surface area contributed by atoms with E-state index in [1.807, 2.05) is 18.2 Å². The molecule has 1 unspecified atom stereocenters. The molecule has 3 aromatic rings. The van der Waals surface area contributed by atoms with Gasteiger partial charge in [-0.3, -0.25) is 19.4 Å². The second-order valence-electron chi connectivity index (χ2n) is 7.99. The number of hydrogen-bond donors (Lipinski definition) is 4. The van der Waals surface area contributed by atoms with Crippen LogP contribution in [-0.4, -0.2) is 49.6 Å². The van der Waals surface area contributed by atoms with Gasteiger partial charge < -0.3 is 20.8 Å². The molecule has 0 saturated carbocycles. The summed E-state index contributed by atoms with van der Waals surface area (Å²) in [5.74, 6) is -4.45. The summed E-state index contributed by atoms with van der Waals surface area (Å²) in [7, 11) is 0. The highest BCUT2D eigenvalue weighted by molar-refractivity contribution is 8.14. The molecule has 1 heterocycles. The van der Waals surface area contributed by atoms with Crippen molar-refractivity contribution in [2.24, 2.45) is 5.92 Å². The molecule has 0 aliphatic rings. The molecular formula is C26H25N3O6S. The first-order chi connectivity index (χ1) is 17.3. The molecule has 0 aliphatic heterocycles. The Morgan fingerprint density at radius 2 is 1.58 bits per heavy atom. The number of carboxylic acid groups (broad SMARTS) is 2. The standard InChI is InChI=1S/C26H25N3O6S/c30-22(31)15-26(25(34)35,28-21-11-5-2-6-12-21)29-23(32)20(14-18-8-3-1-4-9-18)17-36-24(33)19-10-7-13-27-16-19/h1-13,16,20,28H,14-15,17H2,(H,29,32)(H,30,31)(H,34,35)/t20?,26-/m0/s1. The number of carbonyl (C=O) groups is 4. The van der Waals surface area contributed by atoms with E-state index in [2.05, 4.69) is 15.6 Å². The summed E-state index contributed by atoms with van der Waals surface area (Å²) in [4.78, 5) is 53.9. The first kappa shape index (κ1) is 26.4. The van der Waals surface area contributed by atoms with Gasteiger partial charge in [0.1, 0.15) is 0 Å². The van der Waals surface area contributed by atoms with Gasteiger partial charge >= 0.3 is 11.9 Å². The van der Waals surface area contributed by atoms with Gasteiger partial charge in [-0.05, 0) is 36.2 Å². The Balaban J connectivity index is 1.86. The minimum absolute atomic E-state index is 0.0442. The zero-order valence-corrected chi connectivity index (χ0v) is 20.0. The molecule has 0 aliphatic carbocycles. The van der Waals surface area contributed by atoms with Crippen molar-refractivity contribution in [3.8, 4) is 0 Å². The molecule has 2 aromatic carbocycles. The maximum Gasteiger partial charge on any atom is 0.351 e. The molecule has 0 bridgehead atoms. The van der Waals surface area contributed by atoms with Crippen LogP contribution in [0.2, 0.25) is 0 Å². The number of aromatic nitrogens is 1. The van der Waals surface area contributed by atoms with Gasteiger partial charge in [-0.2, -0.15) is 0 Å². The van der Waals surface area contributed by atoms with Gasteiger partial charge in [-0.1, -0.05) is 60.3 Å². The minimum Gasteiger partial charge on any atom is -0.481 e. The monoisotopic (exact) mass is 507 g/mol. The third-order valence-corrected chi connectivity index (χ3v) is 6.33. The summed E-state index contributed by atoms with van der Waals surface area (Å²) in [6.07, 6.45) is 2.27. The number of benzene rings is 2. The number of aliphatic carboxylic acids is 2. The Kier molecular flexibility index (Phi) is 9.18. The van der Waals surface area contributed by atoms with Crippen molar-refractivity contribution in [3.05, 3.63) is 96.3 Å². The van der Waals surface area contributed by atoms with Gasteiger partial charge in [0, 0.05) is 29.4 Å². The molecule has 2 atom stereocenters. The summed E-state index contributed by atoms with van der Waals surface area (Å²) >= 11 is 0.914. The van der Waals surface area contributed by atoms with Gasteiger partial charge in [0.05, 0.1) is 12.3 Å². The second-order valence-corrected chi connectivity index (χ2v) is 8.98. The molecule has 0 saturated heterocycles. The SMILES string of the molecule is O=C(O)C[C@@](NC(=O)C(CSC(=O)c1cccnc1)Cc1ccccc1)(Nc1ccccc1)C(=O)O. The maximum absolute atomic E-state index is 13.4. The quantitative estimate of drug-likeness (QED) is 0.271. The summed E-state index contributed by atoms with van der Waals surface area (Å²) < 4.78 is 0. The lowest BCUT2D eigenvalue weighted by Gasteiger charge is -2.32. The summed E-state index contributed by atoms with van der Waals surface area (Å²) in [6, 6.07) is 20.5. The number of para-hydroxylation sites is 1. The number of nitrogens with one attached hydrogen (secondary N) is 2. The van der Waals surface area contributed by atoms with E-state index >= 15 is 0 Å². The number of rotatable bonds is 12. The number of anilines is 1. The number of amides is 1. The zero-order valence-electron chi connectivity index (χ0n) is 19.2. The van der Waals surface area contributed by atoms with E-state index in [1.165, 1.54) is 6.20 Å². The van der Waals surface area contributed by atoms with E-state index in [0.717, 1.165) is 17.3 Å². The van der Waals surface area contributed by atoms with E-state index in [4.69, 9.17) is 0 Å². The second kappa shape index (κ2) is 12.5. The Bertz CT molecular complexity index is 1190. The van der Waals surface area contributed by atoms with Crippen LogP contribution < -0.4 is 10.6 Å². The van der Waals surface area contributed by atoms with E-state index in [-0.39, 0.29) is 17.3 Å². The Hall–Kier alpha value is -4.18. The van der Waals surface area contributed by atoms with Crippen molar-refractivity contribution in [3.63, 3.8) is 0 Å². The highest BCUT2D eigenvalue weighted by Crippen LogP contribution is 2.22. The normalized spacial score (nSPS) is 13.1. The highest BCUT2D eigenvalue weighted by Gasteiger charge is 2.44. The molecule has 9 nitrogen and oxygen atoms in total. The number of carboxylic acids is 2. The van der Waals surface area contributed by atoms with E-state index < -0.39 is 35.8 Å². The minimum atomic E-state index is -2.31. The first-order valence-electron chi connectivity index (χ1n) is 11.0. The van der Waals surface area contributed by atoms with Crippen molar-refractivity contribution in [2.45, 2.75) is 18.5 Å². The van der Waals surface area contributed by atoms with E-state index in [9.17, 15) is 29.4 Å². The first-order valence-corrected chi connectivity index (χ1v) is 12.0. The molecule has 0 radical (unpaired) electrons. The average molecular weight is 508 g/mol. The van der Waals surface area contributed by atoms with E-state index in [0.29, 0.717) is 11.3 Å². The van der Waals surface area contributed by atoms with Crippen molar-refractivity contribution >= 4 is 40.4 Å². The van der Waals surface area contributed by atoms with Crippen molar-refractivity contribution in [1.82, 2.24) is 10.3 Å². The van der Waals surface area contributed by atoms with Crippen LogP contribution in [0.3, 0.4) is 0 Å². The fourth-order valence-electron chi connectivity index (χ4n) is 3.48. The number of hydrogen-bond acceptors (Lipinski definition) is 7. The summed E-state index contributed by atoms with van der Waals surface area (Å²) in [5, 5.41) is 24.3. The Labute approximate surface area is 212 Å². The molecule has 10 heteroatoms. The van der Waals surface area contributed by atoms with Crippen molar-refractivity contribution in [2.75, 3.05) is 11.1 Å². The van der Waals surface area contributed by atoms with Crippen LogP contribution in [0, 0.1) is 5.92 Å². The predicted molar refractivity (Wildman–Crippen MR) is 135 cm³/mol. The van der Waals surface area contributed by atoms with Gasteiger partial charge in [-0.25, -0.2) is 4.79 Å². The van der Waals surface area contributed by atoms with Crippen LogP contribution in [0.1, 0.15) is 22.3 Å². The van der Waals surface area contributed by atoms with Crippen LogP contribution in [0.5, 0.6) is 0 Å². The fraction of sp³-hybridized carbons (Fsp3) is 0.192. The lowest BCUT2D eigenvalue weighted by molar-refractivity contribution is -0.152. The maximum atomic E-state index is 13.4. The molecule has 186 valence electrons. The molecule has 1 amide bonds. The smallest absolute Gasteiger partial charge is 0.351 e. The number of thioether (sulfide) groups is 1. The zero-order chi connectivity index (χ0) is 26.0. The number of pyridine rings is 1. The lowest BCUT2D eigenvalue weighted by Crippen LogP contribution is -2.62. The largest absolute Gasteiger partial charge is 0.481 e. The third kappa shape index (κ3) is 7.41. The van der Waals surface area contributed by atoms with Crippen molar-refractivity contribution < 1.29 is 29.4 Å². The molecule has 0 fully saturated rings. The lowest BCUT2D eigenvalue weighted by atomic mass is 9.98. The van der Waals surface area contributed by atoms with Crippen LogP contribution in [-0.2, 0) is 20.8 Å². The van der Waals surface area contributed by atoms with E-state index in [1.54, 1.807) is 60.8 Å². The van der Waals surface area contributed by atoms with Gasteiger partial charge in [0.25, 0.3) is 0 Å². The molecular weight excluding hydrogens is 482 g/mol. The predicted octanol–water partition coefficient (Wildman–Crippen LogP) is 3.30. The third-order valence-electron chi connectivity index (χ3n) is 5.26. The number of carbonyl (C=O) groups excluding carboxylic acids is 2. The topological polar surface area (TPSA) is 146 Å². The molecule has 1 aromatic heterocycles. The average Bonchev–Trinajstić information content (AvgIpc) is 2.87. The van der Waals surface area contributed by atoms with Gasteiger partial charge in [-0.15, -0.1) is 0 Å². The molecule has 3 rings (SSSR count). The van der Waals surface area contributed by atoms with Gasteiger partial charge in [0.15, 0.2) is 0 Å². The van der Waals surface area contributed by atoms with Crippen molar-refractivity contribution in [1.29, 1.82) is 0 Å². The van der Waals surface area contributed by atoms with Crippen LogP contribution in [0.15, 0.2) is 85.2 Å². The number of nitrogens with zero attached hydrogens (tertiary/aromatic N) is 1. The fourth-order valence-corrected chi connectivity index (χ4v) is 4.39.